The molecule has 34 heavy (non-hydrogen) atoms. The second kappa shape index (κ2) is 8.78. The summed E-state index contributed by atoms with van der Waals surface area (Å²) in [6.07, 6.45) is 0.00829. The maximum atomic E-state index is 13.6. The topological polar surface area (TPSA) is 129 Å². The summed E-state index contributed by atoms with van der Waals surface area (Å²) in [7, 11) is -2.31. The normalized spacial score (nSPS) is 12.0. The SMILES string of the molecule is CN(c1ncccc1CNc1nc(Nc2ccc3cn[nH]c3c2)ncc1C(F)(F)F)S(C)(=O)=O. The fourth-order valence-electron chi connectivity index (χ4n) is 3.12. The van der Waals surface area contributed by atoms with Crippen LogP contribution in [-0.2, 0) is 22.7 Å². The number of pyridine rings is 1. The summed E-state index contributed by atoms with van der Waals surface area (Å²) in [5.74, 6) is -0.440. The molecule has 0 fully saturated rings. The Morgan fingerprint density at radius 1 is 1.15 bits per heavy atom. The van der Waals surface area contributed by atoms with E-state index in [1.807, 2.05) is 0 Å². The van der Waals surface area contributed by atoms with Crippen LogP contribution in [0.15, 0.2) is 48.9 Å². The second-order valence-electron chi connectivity index (χ2n) is 7.32. The van der Waals surface area contributed by atoms with Crippen LogP contribution < -0.4 is 14.9 Å². The largest absolute Gasteiger partial charge is 0.421 e. The molecule has 0 aliphatic rings. The summed E-state index contributed by atoms with van der Waals surface area (Å²) < 4.78 is 65.5. The van der Waals surface area contributed by atoms with Gasteiger partial charge >= 0.3 is 6.18 Å². The fourth-order valence-corrected chi connectivity index (χ4v) is 3.59. The van der Waals surface area contributed by atoms with Gasteiger partial charge in [0.05, 0.1) is 18.0 Å². The monoisotopic (exact) mass is 492 g/mol. The summed E-state index contributed by atoms with van der Waals surface area (Å²) in [4.78, 5) is 11.9. The van der Waals surface area contributed by atoms with Crippen molar-refractivity contribution in [3.8, 4) is 0 Å². The molecule has 0 amide bonds. The fraction of sp³-hybridized carbons (Fsp3) is 0.200. The standard InChI is InChI=1S/C20H19F3N8O2S/c1-31(34(2,32)33)18-13(4-3-7-24-18)9-25-17-15(20(21,22)23)11-26-19(29-17)28-14-6-5-12-10-27-30-16(12)8-14/h3-8,10-11H,9H2,1-2H3,(H,27,30)(H2,25,26,28,29). The highest BCUT2D eigenvalue weighted by Crippen LogP contribution is 2.34. The van der Waals surface area contributed by atoms with Crippen LogP contribution in [-0.4, -0.2) is 46.9 Å². The lowest BCUT2D eigenvalue weighted by molar-refractivity contribution is -0.137. The Hall–Kier alpha value is -3.94. The minimum absolute atomic E-state index is 0.0611. The van der Waals surface area contributed by atoms with Gasteiger partial charge in [-0.1, -0.05) is 6.07 Å². The zero-order valence-corrected chi connectivity index (χ0v) is 18.7. The third-order valence-corrected chi connectivity index (χ3v) is 6.07. The van der Waals surface area contributed by atoms with Crippen molar-refractivity contribution in [1.29, 1.82) is 0 Å². The molecule has 0 saturated carbocycles. The summed E-state index contributed by atoms with van der Waals surface area (Å²) in [6.45, 7) is -0.164. The number of rotatable bonds is 7. The lowest BCUT2D eigenvalue weighted by Crippen LogP contribution is -2.27. The highest BCUT2D eigenvalue weighted by molar-refractivity contribution is 7.92. The van der Waals surface area contributed by atoms with Crippen LogP contribution in [0, 0.1) is 0 Å². The van der Waals surface area contributed by atoms with Crippen LogP contribution >= 0.6 is 0 Å². The Kier molecular flexibility index (Phi) is 6.00. The van der Waals surface area contributed by atoms with E-state index in [0.29, 0.717) is 17.4 Å². The first-order valence-corrected chi connectivity index (χ1v) is 11.6. The molecule has 3 N–H and O–H groups in total. The number of H-pyrrole nitrogens is 1. The molecule has 0 saturated heterocycles. The number of alkyl halides is 3. The number of halogens is 3. The number of aromatic amines is 1. The predicted octanol–water partition coefficient (Wildman–Crippen LogP) is 3.52. The van der Waals surface area contributed by atoms with Gasteiger partial charge in [-0.2, -0.15) is 23.3 Å². The van der Waals surface area contributed by atoms with Crippen LogP contribution in [0.25, 0.3) is 10.9 Å². The minimum Gasteiger partial charge on any atom is -0.365 e. The van der Waals surface area contributed by atoms with E-state index in [1.54, 1.807) is 36.5 Å². The summed E-state index contributed by atoms with van der Waals surface area (Å²) in [5, 5.41) is 13.1. The smallest absolute Gasteiger partial charge is 0.365 e. The van der Waals surface area contributed by atoms with E-state index in [-0.39, 0.29) is 18.3 Å². The second-order valence-corrected chi connectivity index (χ2v) is 9.33. The van der Waals surface area contributed by atoms with E-state index < -0.39 is 27.6 Å². The van der Waals surface area contributed by atoms with E-state index in [9.17, 15) is 21.6 Å². The van der Waals surface area contributed by atoms with Crippen molar-refractivity contribution in [3.63, 3.8) is 0 Å². The van der Waals surface area contributed by atoms with Gasteiger partial charge in [0.2, 0.25) is 16.0 Å². The van der Waals surface area contributed by atoms with Crippen LogP contribution in [0.3, 0.4) is 0 Å². The molecule has 1 aromatic carbocycles. The van der Waals surface area contributed by atoms with Crippen molar-refractivity contribution in [1.82, 2.24) is 25.1 Å². The zero-order chi connectivity index (χ0) is 24.5. The van der Waals surface area contributed by atoms with Crippen molar-refractivity contribution in [3.05, 3.63) is 60.0 Å². The predicted molar refractivity (Wildman–Crippen MR) is 121 cm³/mol. The molecule has 0 radical (unpaired) electrons. The van der Waals surface area contributed by atoms with Crippen molar-refractivity contribution >= 4 is 44.2 Å². The Labute approximate surface area is 192 Å². The Morgan fingerprint density at radius 3 is 2.68 bits per heavy atom. The van der Waals surface area contributed by atoms with Gasteiger partial charge in [0, 0.05) is 42.6 Å². The van der Waals surface area contributed by atoms with Crippen LogP contribution in [0.1, 0.15) is 11.1 Å². The average Bonchev–Trinajstić information content (AvgIpc) is 3.24. The molecule has 0 unspecified atom stereocenters. The minimum atomic E-state index is -4.71. The molecule has 0 aliphatic heterocycles. The van der Waals surface area contributed by atoms with Crippen LogP contribution in [0.2, 0.25) is 0 Å². The van der Waals surface area contributed by atoms with E-state index in [2.05, 4.69) is 35.8 Å². The maximum absolute atomic E-state index is 13.6. The molecule has 0 aliphatic carbocycles. The molecule has 0 spiro atoms. The number of sulfonamides is 1. The van der Waals surface area contributed by atoms with E-state index in [4.69, 9.17) is 0 Å². The number of aromatic nitrogens is 5. The van der Waals surface area contributed by atoms with Crippen molar-refractivity contribution in [2.75, 3.05) is 28.2 Å². The number of nitrogens with one attached hydrogen (secondary N) is 3. The van der Waals surface area contributed by atoms with Crippen LogP contribution in [0.5, 0.6) is 0 Å². The van der Waals surface area contributed by atoms with Gasteiger partial charge in [0.25, 0.3) is 0 Å². The summed E-state index contributed by atoms with van der Waals surface area (Å²) in [5.41, 5.74) is 0.575. The third kappa shape index (κ3) is 5.01. The lowest BCUT2D eigenvalue weighted by Gasteiger charge is -2.20. The summed E-state index contributed by atoms with van der Waals surface area (Å²) >= 11 is 0. The van der Waals surface area contributed by atoms with Gasteiger partial charge in [-0.3, -0.25) is 9.40 Å². The number of hydrogen-bond donors (Lipinski definition) is 3. The maximum Gasteiger partial charge on any atom is 0.421 e. The van der Waals surface area contributed by atoms with Gasteiger partial charge in [-0.05, 0) is 24.3 Å². The highest BCUT2D eigenvalue weighted by atomic mass is 32.2. The van der Waals surface area contributed by atoms with E-state index >= 15 is 0 Å². The number of anilines is 4. The van der Waals surface area contributed by atoms with Crippen molar-refractivity contribution in [2.24, 2.45) is 0 Å². The molecular weight excluding hydrogens is 473 g/mol. The molecule has 0 atom stereocenters. The van der Waals surface area contributed by atoms with Crippen LogP contribution in [0.4, 0.5) is 36.4 Å². The lowest BCUT2D eigenvalue weighted by atomic mass is 10.2. The molecule has 3 heterocycles. The molecule has 3 aromatic heterocycles. The third-order valence-electron chi connectivity index (χ3n) is 4.90. The number of nitrogens with zero attached hydrogens (tertiary/aromatic N) is 5. The molecule has 178 valence electrons. The summed E-state index contributed by atoms with van der Waals surface area (Å²) in [6, 6.07) is 8.34. The first-order valence-electron chi connectivity index (χ1n) is 9.78. The van der Waals surface area contributed by atoms with Crippen molar-refractivity contribution < 1.29 is 21.6 Å². The first-order chi connectivity index (χ1) is 16.0. The number of hydrogen-bond acceptors (Lipinski definition) is 8. The quantitative estimate of drug-likeness (QED) is 0.358. The number of fused-ring (bicyclic) bond motifs is 1. The van der Waals surface area contributed by atoms with E-state index in [0.717, 1.165) is 21.5 Å². The number of benzene rings is 1. The van der Waals surface area contributed by atoms with Crippen molar-refractivity contribution in [2.45, 2.75) is 12.7 Å². The first kappa shape index (κ1) is 23.2. The van der Waals surface area contributed by atoms with Gasteiger partial charge in [-0.25, -0.2) is 18.4 Å². The van der Waals surface area contributed by atoms with Gasteiger partial charge < -0.3 is 10.6 Å². The average molecular weight is 492 g/mol. The Balaban J connectivity index is 1.63. The molecule has 0 bridgehead atoms. The highest BCUT2D eigenvalue weighted by Gasteiger charge is 2.35. The van der Waals surface area contributed by atoms with Gasteiger partial charge in [-0.15, -0.1) is 0 Å². The zero-order valence-electron chi connectivity index (χ0n) is 17.9. The molecule has 4 rings (SSSR count). The molecular formula is C20H19F3N8O2S. The molecule has 10 nitrogen and oxygen atoms in total. The molecule has 4 aromatic rings. The van der Waals surface area contributed by atoms with Gasteiger partial charge in [0.1, 0.15) is 17.2 Å². The molecule has 14 heteroatoms. The van der Waals surface area contributed by atoms with E-state index in [1.165, 1.54) is 13.2 Å². The Bertz CT molecular complexity index is 1440. The Morgan fingerprint density at radius 2 is 1.94 bits per heavy atom. The van der Waals surface area contributed by atoms with Gasteiger partial charge in [0.15, 0.2) is 0 Å².